The zero-order valence-corrected chi connectivity index (χ0v) is 32.8. The Kier molecular flexibility index (Phi) is 7.24. The molecule has 8 aromatic carbocycles. The van der Waals surface area contributed by atoms with Crippen LogP contribution in [0.5, 0.6) is 0 Å². The van der Waals surface area contributed by atoms with E-state index in [2.05, 4.69) is 205 Å². The van der Waals surface area contributed by atoms with Gasteiger partial charge in [0.05, 0.1) is 33.5 Å². The van der Waals surface area contributed by atoms with Crippen LogP contribution < -0.4 is 0 Å². The fraction of sp³-hybridized carbons (Fsp3) is 0.0545. The van der Waals surface area contributed by atoms with Gasteiger partial charge in [0.1, 0.15) is 0 Å². The van der Waals surface area contributed by atoms with Crippen molar-refractivity contribution in [2.45, 2.75) is 19.3 Å². The van der Waals surface area contributed by atoms with E-state index < -0.39 is 0 Å². The largest absolute Gasteiger partial charge is 0.309 e. The van der Waals surface area contributed by atoms with Crippen LogP contribution in [0.15, 0.2) is 194 Å². The van der Waals surface area contributed by atoms with Crippen LogP contribution in [0.2, 0.25) is 0 Å². The second-order valence-corrected chi connectivity index (χ2v) is 16.2. The average Bonchev–Trinajstić information content (AvgIpc) is 3.88. The molecule has 3 aromatic heterocycles. The van der Waals surface area contributed by atoms with E-state index in [1.807, 2.05) is 12.1 Å². The lowest BCUT2D eigenvalue weighted by atomic mass is 9.82. The van der Waals surface area contributed by atoms with Crippen molar-refractivity contribution in [3.05, 3.63) is 205 Å². The van der Waals surface area contributed by atoms with Gasteiger partial charge < -0.3 is 4.57 Å². The third-order valence-corrected chi connectivity index (χ3v) is 12.5. The van der Waals surface area contributed by atoms with Gasteiger partial charge in [-0.15, -0.1) is 0 Å². The van der Waals surface area contributed by atoms with Crippen molar-refractivity contribution < 1.29 is 0 Å². The summed E-state index contributed by atoms with van der Waals surface area (Å²) < 4.78 is 4.67. The van der Waals surface area contributed by atoms with Gasteiger partial charge in [0.25, 0.3) is 0 Å². The van der Waals surface area contributed by atoms with Gasteiger partial charge in [-0.1, -0.05) is 147 Å². The lowest BCUT2D eigenvalue weighted by Crippen LogP contribution is -2.15. The molecule has 0 unspecified atom stereocenters. The van der Waals surface area contributed by atoms with E-state index in [-0.39, 0.29) is 5.41 Å². The van der Waals surface area contributed by atoms with Gasteiger partial charge in [0, 0.05) is 43.8 Å². The van der Waals surface area contributed by atoms with Gasteiger partial charge in [-0.05, 0) is 94.0 Å². The maximum Gasteiger partial charge on any atom is 0.235 e. The fourth-order valence-corrected chi connectivity index (χ4v) is 9.66. The Labute approximate surface area is 342 Å². The first kappa shape index (κ1) is 33.6. The lowest BCUT2D eigenvalue weighted by molar-refractivity contribution is 0.661. The minimum absolute atomic E-state index is 0.164. The summed E-state index contributed by atoms with van der Waals surface area (Å²) in [6, 6.07) is 69.9. The third-order valence-electron chi connectivity index (χ3n) is 12.5. The highest BCUT2D eigenvalue weighted by Crippen LogP contribution is 2.51. The summed E-state index contributed by atoms with van der Waals surface area (Å²) in [4.78, 5) is 10.7. The number of aromatic nitrogens is 4. The monoisotopic (exact) mass is 754 g/mol. The molecule has 0 spiro atoms. The SMILES string of the molecule is CC1(C)c2ccccc2-c2cc3c4cc(-c5ccc6c(c5)c5ccccc5n6-c5ccccc5)ccc4n(-c4nc(-c5ccccc5)cc(-c5ccccc5)n4)c3cc21. The van der Waals surface area contributed by atoms with Gasteiger partial charge in [-0.2, -0.15) is 0 Å². The molecular weight excluding hydrogens is 717 g/mol. The normalized spacial score (nSPS) is 13.1. The predicted octanol–water partition coefficient (Wildman–Crippen LogP) is 14.0. The highest BCUT2D eigenvalue weighted by molar-refractivity contribution is 6.14. The number of hydrogen-bond acceptors (Lipinski definition) is 2. The number of nitrogens with zero attached hydrogens (tertiary/aromatic N) is 4. The molecule has 0 radical (unpaired) electrons. The van der Waals surface area contributed by atoms with Crippen LogP contribution in [0.3, 0.4) is 0 Å². The number of benzene rings is 8. The van der Waals surface area contributed by atoms with Crippen LogP contribution in [-0.4, -0.2) is 19.1 Å². The van der Waals surface area contributed by atoms with Crippen LogP contribution in [0.1, 0.15) is 25.0 Å². The van der Waals surface area contributed by atoms with Gasteiger partial charge >= 0.3 is 0 Å². The molecule has 0 saturated heterocycles. The predicted molar refractivity (Wildman–Crippen MR) is 245 cm³/mol. The summed E-state index contributed by atoms with van der Waals surface area (Å²) in [5, 5.41) is 4.84. The molecule has 59 heavy (non-hydrogen) atoms. The summed E-state index contributed by atoms with van der Waals surface area (Å²) in [5.41, 5.74) is 17.1. The van der Waals surface area contributed by atoms with Gasteiger partial charge in [0.2, 0.25) is 5.95 Å². The minimum atomic E-state index is -0.164. The van der Waals surface area contributed by atoms with Crippen molar-refractivity contribution >= 4 is 43.6 Å². The Balaban J connectivity index is 1.12. The Hall–Kier alpha value is -7.56. The molecule has 0 saturated carbocycles. The van der Waals surface area contributed by atoms with E-state index in [1.54, 1.807) is 0 Å². The van der Waals surface area contributed by atoms with Crippen molar-refractivity contribution in [1.82, 2.24) is 19.1 Å². The summed E-state index contributed by atoms with van der Waals surface area (Å²) in [6.45, 7) is 4.69. The van der Waals surface area contributed by atoms with Gasteiger partial charge in [-0.3, -0.25) is 4.57 Å². The van der Waals surface area contributed by atoms with E-state index in [0.29, 0.717) is 5.95 Å². The number of rotatable bonds is 5. The molecule has 278 valence electrons. The number of para-hydroxylation sites is 2. The Bertz CT molecular complexity index is 3390. The van der Waals surface area contributed by atoms with Crippen molar-refractivity contribution in [2.75, 3.05) is 0 Å². The van der Waals surface area contributed by atoms with Crippen molar-refractivity contribution in [2.24, 2.45) is 0 Å². The first-order chi connectivity index (χ1) is 29.0. The standard InChI is InChI=1S/C55H38N4/c1-55(2)46-24-14-12-22-40(46)42-32-45-44-31-38(37-26-28-51-43(30-37)41-23-13-15-25-50(41)58(51)39-20-10-5-11-21-39)27-29-52(44)59(53(45)33-47(42)55)54-56-48(35-16-6-3-7-17-35)34-49(57-54)36-18-8-4-9-19-36/h3-34H,1-2H3. The van der Waals surface area contributed by atoms with Crippen LogP contribution in [0.25, 0.3) is 100 Å². The Morgan fingerprint density at radius 2 is 0.881 bits per heavy atom. The molecule has 0 aliphatic heterocycles. The number of hydrogen-bond donors (Lipinski definition) is 0. The molecule has 1 aliphatic rings. The zero-order valence-electron chi connectivity index (χ0n) is 32.8. The summed E-state index contributed by atoms with van der Waals surface area (Å²) in [5.74, 6) is 0.654. The van der Waals surface area contributed by atoms with E-state index in [4.69, 9.17) is 9.97 Å². The second kappa shape index (κ2) is 12.7. The molecular formula is C55H38N4. The van der Waals surface area contributed by atoms with Crippen molar-refractivity contribution in [1.29, 1.82) is 0 Å². The molecule has 11 aromatic rings. The molecule has 12 rings (SSSR count). The van der Waals surface area contributed by atoms with Crippen molar-refractivity contribution in [3.8, 4) is 56.4 Å². The summed E-state index contributed by atoms with van der Waals surface area (Å²) in [6.07, 6.45) is 0. The van der Waals surface area contributed by atoms with Crippen LogP contribution in [-0.2, 0) is 5.41 Å². The van der Waals surface area contributed by atoms with Gasteiger partial charge in [-0.25, -0.2) is 9.97 Å². The second-order valence-electron chi connectivity index (χ2n) is 16.2. The van der Waals surface area contributed by atoms with E-state index >= 15 is 0 Å². The van der Waals surface area contributed by atoms with Crippen LogP contribution in [0.4, 0.5) is 0 Å². The molecule has 0 bridgehead atoms. The smallest absolute Gasteiger partial charge is 0.235 e. The van der Waals surface area contributed by atoms with Gasteiger partial charge in [0.15, 0.2) is 0 Å². The molecule has 1 aliphatic carbocycles. The van der Waals surface area contributed by atoms with E-state index in [1.165, 1.54) is 66.0 Å². The Morgan fingerprint density at radius 1 is 0.356 bits per heavy atom. The number of fused-ring (bicyclic) bond motifs is 9. The third kappa shape index (κ3) is 5.09. The van der Waals surface area contributed by atoms with Crippen LogP contribution >= 0.6 is 0 Å². The van der Waals surface area contributed by atoms with E-state index in [0.717, 1.165) is 39.2 Å². The molecule has 0 atom stereocenters. The molecule has 0 amide bonds. The molecule has 4 heteroatoms. The fourth-order valence-electron chi connectivity index (χ4n) is 9.66. The lowest BCUT2D eigenvalue weighted by Gasteiger charge is -2.21. The highest BCUT2D eigenvalue weighted by atomic mass is 15.2. The summed E-state index contributed by atoms with van der Waals surface area (Å²) >= 11 is 0. The molecule has 3 heterocycles. The molecule has 0 N–H and O–H groups in total. The average molecular weight is 755 g/mol. The molecule has 0 fully saturated rings. The van der Waals surface area contributed by atoms with Crippen LogP contribution in [0, 0.1) is 0 Å². The topological polar surface area (TPSA) is 35.6 Å². The maximum absolute atomic E-state index is 5.36. The summed E-state index contributed by atoms with van der Waals surface area (Å²) in [7, 11) is 0. The highest BCUT2D eigenvalue weighted by Gasteiger charge is 2.36. The molecule has 4 nitrogen and oxygen atoms in total. The first-order valence-electron chi connectivity index (χ1n) is 20.3. The Morgan fingerprint density at radius 3 is 1.56 bits per heavy atom. The maximum atomic E-state index is 5.36. The quantitative estimate of drug-likeness (QED) is 0.175. The van der Waals surface area contributed by atoms with E-state index in [9.17, 15) is 0 Å². The zero-order chi connectivity index (χ0) is 39.2. The minimum Gasteiger partial charge on any atom is -0.309 e. The first-order valence-corrected chi connectivity index (χ1v) is 20.3. The van der Waals surface area contributed by atoms with Crippen molar-refractivity contribution in [3.63, 3.8) is 0 Å².